The molecule has 3 atom stereocenters. The van der Waals surface area contributed by atoms with Crippen LogP contribution in [0.15, 0.2) is 0 Å². The van der Waals surface area contributed by atoms with Crippen molar-refractivity contribution in [3.63, 3.8) is 0 Å². The number of hydrogen-bond donors (Lipinski definition) is 1. The molecule has 0 amide bonds. The van der Waals surface area contributed by atoms with E-state index in [4.69, 9.17) is 5.11 Å². The molecule has 0 aromatic carbocycles. The molecule has 13 heavy (non-hydrogen) atoms. The molecule has 1 rings (SSSR count). The van der Waals surface area contributed by atoms with Crippen LogP contribution in [0.4, 0.5) is 4.39 Å². The first-order valence-electron chi connectivity index (χ1n) is 4.73. The first-order valence-corrected chi connectivity index (χ1v) is 5.68. The Labute approximate surface area is 83.5 Å². The van der Waals surface area contributed by atoms with Crippen LogP contribution in [-0.2, 0) is 0 Å². The lowest BCUT2D eigenvalue weighted by Gasteiger charge is -2.35. The minimum absolute atomic E-state index is 0.478. The molecule has 0 aromatic rings. The standard InChI is InChI=1S/C9H18FNOS/c1-7-4-11(5-8(2)13-7)6-9(12)3-10/h7-9,12H,3-6H2,1-2H3. The second-order valence-electron chi connectivity index (χ2n) is 3.78. The predicted octanol–water partition coefficient (Wildman–Crippen LogP) is 1.14. The van der Waals surface area contributed by atoms with Crippen molar-refractivity contribution in [1.29, 1.82) is 0 Å². The number of alkyl halides is 1. The quantitative estimate of drug-likeness (QED) is 0.751. The number of hydrogen-bond acceptors (Lipinski definition) is 3. The third-order valence-corrected chi connectivity index (χ3v) is 3.37. The third kappa shape index (κ3) is 3.83. The summed E-state index contributed by atoms with van der Waals surface area (Å²) in [6, 6.07) is 0. The zero-order valence-electron chi connectivity index (χ0n) is 8.24. The number of thioether (sulfide) groups is 1. The van der Waals surface area contributed by atoms with Crippen LogP contribution in [0.25, 0.3) is 0 Å². The average Bonchev–Trinajstić information content (AvgIpc) is 2.02. The fourth-order valence-corrected chi connectivity index (χ4v) is 3.17. The highest BCUT2D eigenvalue weighted by Gasteiger charge is 2.23. The Bertz CT molecular complexity index is 149. The molecule has 78 valence electrons. The van der Waals surface area contributed by atoms with Crippen LogP contribution >= 0.6 is 11.8 Å². The molecule has 1 heterocycles. The summed E-state index contributed by atoms with van der Waals surface area (Å²) in [5.41, 5.74) is 0. The van der Waals surface area contributed by atoms with E-state index in [1.54, 1.807) is 0 Å². The van der Waals surface area contributed by atoms with Crippen molar-refractivity contribution >= 4 is 11.8 Å². The van der Waals surface area contributed by atoms with E-state index >= 15 is 0 Å². The van der Waals surface area contributed by atoms with Crippen LogP contribution in [0.5, 0.6) is 0 Å². The second-order valence-corrected chi connectivity index (χ2v) is 5.67. The summed E-state index contributed by atoms with van der Waals surface area (Å²) in [5.74, 6) is 0. The van der Waals surface area contributed by atoms with E-state index in [-0.39, 0.29) is 0 Å². The van der Waals surface area contributed by atoms with E-state index in [2.05, 4.69) is 18.7 Å². The average molecular weight is 207 g/mol. The minimum atomic E-state index is -0.803. The van der Waals surface area contributed by atoms with Gasteiger partial charge in [-0.05, 0) is 0 Å². The number of β-amino-alcohol motifs (C(OH)–C–C–N with tert-alkyl or cyclic N) is 1. The van der Waals surface area contributed by atoms with Crippen molar-refractivity contribution < 1.29 is 9.50 Å². The molecule has 0 radical (unpaired) electrons. The number of rotatable bonds is 3. The first kappa shape index (κ1) is 11.3. The van der Waals surface area contributed by atoms with Crippen LogP contribution in [0, 0.1) is 0 Å². The molecule has 2 nitrogen and oxygen atoms in total. The van der Waals surface area contributed by atoms with E-state index in [1.807, 2.05) is 11.8 Å². The molecule has 0 spiro atoms. The van der Waals surface area contributed by atoms with Gasteiger partial charge in [-0.25, -0.2) is 4.39 Å². The Kier molecular flexibility index (Phi) is 4.49. The van der Waals surface area contributed by atoms with Crippen molar-refractivity contribution in [3.05, 3.63) is 0 Å². The fourth-order valence-electron chi connectivity index (χ4n) is 1.78. The lowest BCUT2D eigenvalue weighted by molar-refractivity contribution is 0.0890. The third-order valence-electron chi connectivity index (χ3n) is 2.14. The van der Waals surface area contributed by atoms with Gasteiger partial charge in [0, 0.05) is 30.1 Å². The Balaban J connectivity index is 2.32. The fraction of sp³-hybridized carbons (Fsp3) is 1.00. The highest BCUT2D eigenvalue weighted by molar-refractivity contribution is 8.00. The molecule has 1 fully saturated rings. The van der Waals surface area contributed by atoms with E-state index in [1.165, 1.54) is 0 Å². The number of aliphatic hydroxyl groups is 1. The van der Waals surface area contributed by atoms with Gasteiger partial charge in [-0.15, -0.1) is 0 Å². The predicted molar refractivity (Wildman–Crippen MR) is 54.9 cm³/mol. The highest BCUT2D eigenvalue weighted by Crippen LogP contribution is 2.24. The van der Waals surface area contributed by atoms with Gasteiger partial charge in [-0.1, -0.05) is 13.8 Å². The van der Waals surface area contributed by atoms with Crippen LogP contribution in [-0.4, -0.2) is 52.9 Å². The van der Waals surface area contributed by atoms with Crippen molar-refractivity contribution in [2.45, 2.75) is 30.5 Å². The zero-order chi connectivity index (χ0) is 9.84. The summed E-state index contributed by atoms with van der Waals surface area (Å²) in [7, 11) is 0. The molecule has 0 bridgehead atoms. The molecular weight excluding hydrogens is 189 g/mol. The van der Waals surface area contributed by atoms with Crippen molar-refractivity contribution in [2.24, 2.45) is 0 Å². The zero-order valence-corrected chi connectivity index (χ0v) is 9.06. The summed E-state index contributed by atoms with van der Waals surface area (Å²) in [6.07, 6.45) is -0.803. The Morgan fingerprint density at radius 3 is 2.46 bits per heavy atom. The summed E-state index contributed by atoms with van der Waals surface area (Å²) < 4.78 is 12.1. The van der Waals surface area contributed by atoms with Gasteiger partial charge in [0.15, 0.2) is 0 Å². The molecule has 1 aliphatic heterocycles. The van der Waals surface area contributed by atoms with E-state index in [0.717, 1.165) is 13.1 Å². The monoisotopic (exact) mass is 207 g/mol. The minimum Gasteiger partial charge on any atom is -0.389 e. The van der Waals surface area contributed by atoms with Gasteiger partial charge in [-0.2, -0.15) is 11.8 Å². The lowest BCUT2D eigenvalue weighted by atomic mass is 10.3. The lowest BCUT2D eigenvalue weighted by Crippen LogP contribution is -2.44. The van der Waals surface area contributed by atoms with E-state index < -0.39 is 12.8 Å². The number of nitrogens with zero attached hydrogens (tertiary/aromatic N) is 1. The first-order chi connectivity index (χ1) is 6.11. The van der Waals surface area contributed by atoms with Crippen molar-refractivity contribution in [1.82, 2.24) is 4.90 Å². The summed E-state index contributed by atoms with van der Waals surface area (Å²) in [6.45, 7) is 6.13. The van der Waals surface area contributed by atoms with Gasteiger partial charge >= 0.3 is 0 Å². The molecule has 0 saturated carbocycles. The van der Waals surface area contributed by atoms with Crippen LogP contribution in [0.3, 0.4) is 0 Å². The van der Waals surface area contributed by atoms with E-state index in [9.17, 15) is 4.39 Å². The second kappa shape index (κ2) is 5.17. The molecule has 1 N–H and O–H groups in total. The van der Waals surface area contributed by atoms with Gasteiger partial charge in [0.05, 0.1) is 6.10 Å². The van der Waals surface area contributed by atoms with Gasteiger partial charge in [0.25, 0.3) is 0 Å². The SMILES string of the molecule is CC1CN(CC(O)CF)CC(C)S1. The molecule has 4 heteroatoms. The van der Waals surface area contributed by atoms with Crippen LogP contribution < -0.4 is 0 Å². The Morgan fingerprint density at radius 2 is 2.00 bits per heavy atom. The van der Waals surface area contributed by atoms with Crippen molar-refractivity contribution in [2.75, 3.05) is 26.3 Å². The summed E-state index contributed by atoms with van der Waals surface area (Å²) in [4.78, 5) is 2.15. The molecule has 0 aliphatic carbocycles. The summed E-state index contributed by atoms with van der Waals surface area (Å²) >= 11 is 1.96. The topological polar surface area (TPSA) is 23.5 Å². The van der Waals surface area contributed by atoms with Crippen LogP contribution in [0.1, 0.15) is 13.8 Å². The van der Waals surface area contributed by atoms with Gasteiger partial charge < -0.3 is 5.11 Å². The van der Waals surface area contributed by atoms with Crippen molar-refractivity contribution in [3.8, 4) is 0 Å². The Hall–Kier alpha value is 0.200. The van der Waals surface area contributed by atoms with Gasteiger partial charge in [-0.3, -0.25) is 4.90 Å². The highest BCUT2D eigenvalue weighted by atomic mass is 32.2. The van der Waals surface area contributed by atoms with Crippen LogP contribution in [0.2, 0.25) is 0 Å². The van der Waals surface area contributed by atoms with E-state index in [0.29, 0.717) is 17.0 Å². The molecule has 1 aliphatic rings. The maximum atomic E-state index is 12.1. The molecule has 0 aromatic heterocycles. The Morgan fingerprint density at radius 1 is 1.46 bits per heavy atom. The number of halogens is 1. The van der Waals surface area contributed by atoms with Gasteiger partial charge in [0.1, 0.15) is 6.67 Å². The molecular formula is C9H18FNOS. The number of aliphatic hydroxyl groups excluding tert-OH is 1. The maximum absolute atomic E-state index is 12.1. The largest absolute Gasteiger partial charge is 0.389 e. The molecule has 3 unspecified atom stereocenters. The smallest absolute Gasteiger partial charge is 0.117 e. The van der Waals surface area contributed by atoms with Gasteiger partial charge in [0.2, 0.25) is 0 Å². The molecule has 1 saturated heterocycles. The maximum Gasteiger partial charge on any atom is 0.117 e. The summed E-state index contributed by atoms with van der Waals surface area (Å²) in [5, 5.41) is 10.3. The normalized spacial score (nSPS) is 33.2.